The SMILES string of the molecule is C=CC[C@@H](C)[C@@H](CC1CCOCC1)S(N)(=O)=O.C=CC[C@@H](C)[C@H](CC1CCOCC1)S(N)(=O)=O.C=CC[C@H](C)[C@@H](CC1CCOCC1)S(N)(=O)=O.C=CC[C@H](C)[C@H](CC1CCOCC1)S(N)(=O)=O. The summed E-state index contributed by atoms with van der Waals surface area (Å²) in [5.41, 5.74) is 0. The van der Waals surface area contributed by atoms with Crippen molar-refractivity contribution in [2.24, 2.45) is 67.9 Å². The lowest BCUT2D eigenvalue weighted by molar-refractivity contribution is 0.0623. The summed E-state index contributed by atoms with van der Waals surface area (Å²) in [5.74, 6) is 1.80. The Bertz CT molecular complexity index is 1610. The number of rotatable bonds is 24. The van der Waals surface area contributed by atoms with E-state index in [0.717, 1.165) is 104 Å². The quantitative estimate of drug-likeness (QED) is 0.0736. The third-order valence-electron chi connectivity index (χ3n) is 14.0. The zero-order chi connectivity index (χ0) is 51.6. The molecule has 0 saturated carbocycles. The van der Waals surface area contributed by atoms with Gasteiger partial charge in [-0.25, -0.2) is 54.2 Å². The number of allylic oxidation sites excluding steroid dienone is 4. The van der Waals surface area contributed by atoms with Gasteiger partial charge in [0.05, 0.1) is 21.0 Å². The molecule has 4 aliphatic rings. The summed E-state index contributed by atoms with van der Waals surface area (Å²) < 4.78 is 114. The molecule has 68 heavy (non-hydrogen) atoms. The molecule has 0 unspecified atom stereocenters. The molecule has 4 heterocycles. The molecule has 0 bridgehead atoms. The van der Waals surface area contributed by atoms with Gasteiger partial charge in [-0.2, -0.15) is 0 Å². The maximum Gasteiger partial charge on any atom is 0.212 e. The van der Waals surface area contributed by atoms with Gasteiger partial charge in [-0.1, -0.05) is 52.0 Å². The number of nitrogens with two attached hydrogens (primary N) is 4. The van der Waals surface area contributed by atoms with Crippen LogP contribution in [0.1, 0.15) is 130 Å². The van der Waals surface area contributed by atoms with Crippen LogP contribution in [0.4, 0.5) is 0 Å². The topological polar surface area (TPSA) is 278 Å². The number of ether oxygens (including phenoxy) is 4. The molecule has 20 heteroatoms. The van der Waals surface area contributed by atoms with Crippen molar-refractivity contribution in [1.29, 1.82) is 0 Å². The minimum absolute atomic E-state index is 0.0327. The van der Waals surface area contributed by atoms with Crippen molar-refractivity contribution >= 4 is 40.1 Å². The first kappa shape index (κ1) is 64.5. The van der Waals surface area contributed by atoms with Crippen LogP contribution in [-0.2, 0) is 59.0 Å². The lowest BCUT2D eigenvalue weighted by Gasteiger charge is -2.28. The Labute approximate surface area is 413 Å². The third-order valence-corrected chi connectivity index (χ3v) is 20.0. The number of hydrogen-bond acceptors (Lipinski definition) is 12. The lowest BCUT2D eigenvalue weighted by Crippen LogP contribution is -2.36. The van der Waals surface area contributed by atoms with Crippen LogP contribution in [0, 0.1) is 47.3 Å². The van der Waals surface area contributed by atoms with E-state index in [-0.39, 0.29) is 23.7 Å². The first-order valence-electron chi connectivity index (χ1n) is 24.6. The second-order valence-corrected chi connectivity index (χ2v) is 26.8. The molecular formula is C48H92N4O12S4. The third kappa shape index (κ3) is 26.8. The molecular weight excluding hydrogens is 953 g/mol. The van der Waals surface area contributed by atoms with Crippen LogP contribution in [0.15, 0.2) is 50.6 Å². The van der Waals surface area contributed by atoms with Crippen molar-refractivity contribution in [1.82, 2.24) is 0 Å². The van der Waals surface area contributed by atoms with Gasteiger partial charge >= 0.3 is 0 Å². The second-order valence-electron chi connectivity index (χ2n) is 19.7. The Morgan fingerprint density at radius 1 is 0.368 bits per heavy atom. The molecule has 4 fully saturated rings. The number of hydrogen-bond donors (Lipinski definition) is 4. The van der Waals surface area contributed by atoms with Gasteiger partial charge < -0.3 is 18.9 Å². The highest BCUT2D eigenvalue weighted by molar-refractivity contribution is 7.90. The molecule has 0 amide bonds. The van der Waals surface area contributed by atoms with E-state index in [1.165, 1.54) is 0 Å². The minimum Gasteiger partial charge on any atom is -0.381 e. The monoisotopic (exact) mass is 1040 g/mol. The van der Waals surface area contributed by atoms with Gasteiger partial charge in [-0.15, -0.1) is 26.3 Å². The highest BCUT2D eigenvalue weighted by atomic mass is 32.2. The Hall–Kier alpha value is -1.56. The highest BCUT2D eigenvalue weighted by Crippen LogP contribution is 2.31. The molecule has 4 aliphatic heterocycles. The van der Waals surface area contributed by atoms with Gasteiger partial charge in [-0.3, -0.25) is 0 Å². The smallest absolute Gasteiger partial charge is 0.212 e. The summed E-state index contributed by atoms with van der Waals surface area (Å²) in [6.07, 6.45) is 19.9. The fourth-order valence-electron chi connectivity index (χ4n) is 9.66. The van der Waals surface area contributed by atoms with Crippen molar-refractivity contribution in [2.75, 3.05) is 52.9 Å². The Morgan fingerprint density at radius 3 is 0.632 bits per heavy atom. The van der Waals surface area contributed by atoms with E-state index in [2.05, 4.69) is 26.3 Å². The zero-order valence-electron chi connectivity index (χ0n) is 41.9. The van der Waals surface area contributed by atoms with Crippen LogP contribution in [0.5, 0.6) is 0 Å². The molecule has 8 atom stereocenters. The molecule has 0 aliphatic carbocycles. The molecule has 16 nitrogen and oxygen atoms in total. The summed E-state index contributed by atoms with van der Waals surface area (Å²) in [6, 6.07) is 0. The standard InChI is InChI=1S/4C12H23NO3S/c4*1-3-4-10(2)12(17(13,14)15)9-11-5-7-16-8-6-11/h4*3,10-12H,1,4-9H2,2H3,(H2,13,14,15)/t2*10-,12+;2*10-,12-/m1010/s1. The molecule has 0 radical (unpaired) electrons. The van der Waals surface area contributed by atoms with Gasteiger partial charge in [-0.05, 0) is 150 Å². The highest BCUT2D eigenvalue weighted by Gasteiger charge is 2.34. The lowest BCUT2D eigenvalue weighted by atomic mass is 9.89. The van der Waals surface area contributed by atoms with Gasteiger partial charge in [0.25, 0.3) is 0 Å². The van der Waals surface area contributed by atoms with Crippen LogP contribution < -0.4 is 20.6 Å². The van der Waals surface area contributed by atoms with E-state index < -0.39 is 61.1 Å². The summed E-state index contributed by atoms with van der Waals surface area (Å²) in [5, 5.41) is 19.5. The Morgan fingerprint density at radius 2 is 0.515 bits per heavy atom. The van der Waals surface area contributed by atoms with Crippen LogP contribution in [0.2, 0.25) is 0 Å². The van der Waals surface area contributed by atoms with E-state index >= 15 is 0 Å². The number of sulfonamides is 4. The van der Waals surface area contributed by atoms with Crippen molar-refractivity contribution in [3.63, 3.8) is 0 Å². The molecule has 0 aromatic carbocycles. The van der Waals surface area contributed by atoms with E-state index in [9.17, 15) is 33.7 Å². The van der Waals surface area contributed by atoms with E-state index in [1.54, 1.807) is 24.3 Å². The number of primary sulfonamides is 4. The van der Waals surface area contributed by atoms with Crippen molar-refractivity contribution < 1.29 is 52.6 Å². The molecule has 0 aromatic rings. The van der Waals surface area contributed by atoms with E-state index in [4.69, 9.17) is 39.5 Å². The first-order chi connectivity index (χ1) is 31.8. The fourth-order valence-corrected chi connectivity index (χ4v) is 14.9. The molecule has 4 saturated heterocycles. The fraction of sp³-hybridized carbons (Fsp3) is 0.833. The van der Waals surface area contributed by atoms with E-state index in [0.29, 0.717) is 75.0 Å². The summed E-state index contributed by atoms with van der Waals surface area (Å²) >= 11 is 0. The largest absolute Gasteiger partial charge is 0.381 e. The summed E-state index contributed by atoms with van der Waals surface area (Å²) in [7, 11) is -13.9. The normalized spacial score (nSPS) is 22.0. The van der Waals surface area contributed by atoms with Crippen LogP contribution >= 0.6 is 0 Å². The predicted octanol–water partition coefficient (Wildman–Crippen LogP) is 6.69. The molecule has 8 N–H and O–H groups in total. The van der Waals surface area contributed by atoms with Crippen LogP contribution in [0.25, 0.3) is 0 Å². The van der Waals surface area contributed by atoms with Gasteiger partial charge in [0, 0.05) is 52.9 Å². The molecule has 0 aromatic heterocycles. The predicted molar refractivity (Wildman–Crippen MR) is 276 cm³/mol. The molecule has 0 spiro atoms. The first-order valence-corrected chi connectivity index (χ1v) is 31.0. The zero-order valence-corrected chi connectivity index (χ0v) is 45.1. The summed E-state index contributed by atoms with van der Waals surface area (Å²) in [4.78, 5) is 0. The average Bonchev–Trinajstić information content (AvgIpc) is 3.26. The van der Waals surface area contributed by atoms with Crippen LogP contribution in [0.3, 0.4) is 0 Å². The van der Waals surface area contributed by atoms with Gasteiger partial charge in [0.1, 0.15) is 0 Å². The average molecular weight is 1050 g/mol. The summed E-state index contributed by atoms with van der Waals surface area (Å²) in [6.45, 7) is 28.2. The van der Waals surface area contributed by atoms with Gasteiger partial charge in [0.15, 0.2) is 0 Å². The maximum atomic E-state index is 11.6. The van der Waals surface area contributed by atoms with Gasteiger partial charge in [0.2, 0.25) is 40.1 Å². The van der Waals surface area contributed by atoms with Crippen molar-refractivity contribution in [3.05, 3.63) is 50.6 Å². The maximum absolute atomic E-state index is 11.6. The second kappa shape index (κ2) is 33.2. The van der Waals surface area contributed by atoms with Crippen LogP contribution in [-0.4, -0.2) is 108 Å². The van der Waals surface area contributed by atoms with Crippen molar-refractivity contribution in [3.8, 4) is 0 Å². The molecule has 4 rings (SSSR count). The van der Waals surface area contributed by atoms with Crippen molar-refractivity contribution in [2.45, 2.75) is 151 Å². The minimum atomic E-state index is -3.47. The van der Waals surface area contributed by atoms with E-state index in [1.807, 2.05) is 27.7 Å². The Balaban J connectivity index is 0.000000453. The Kier molecular flexibility index (Phi) is 31.5. The molecule has 400 valence electrons.